The number of allylic oxidation sites excluding steroid dienone is 4. The lowest BCUT2D eigenvalue weighted by molar-refractivity contribution is -0.167. The molecule has 0 unspecified atom stereocenters. The van der Waals surface area contributed by atoms with Crippen LogP contribution in [0.2, 0.25) is 0 Å². The van der Waals surface area contributed by atoms with Gasteiger partial charge in [-0.1, -0.05) is 315 Å². The average Bonchev–Trinajstić information content (AvgIpc) is 3.41. The number of esters is 3. The van der Waals surface area contributed by atoms with Crippen molar-refractivity contribution in [2.24, 2.45) is 0 Å². The Morgan fingerprint density at radius 3 is 0.680 bits per heavy atom. The van der Waals surface area contributed by atoms with Crippen molar-refractivity contribution in [2.45, 2.75) is 386 Å². The van der Waals surface area contributed by atoms with Gasteiger partial charge < -0.3 is 14.2 Å². The first kappa shape index (κ1) is 72.9. The normalized spacial score (nSPS) is 12.1. The highest BCUT2D eigenvalue weighted by Crippen LogP contribution is 2.18. The summed E-state index contributed by atoms with van der Waals surface area (Å²) in [5, 5.41) is 0. The number of carbonyl (C=O) groups is 3. The number of carbonyl (C=O) groups excluding carboxylic acids is 3. The van der Waals surface area contributed by atoms with E-state index in [0.717, 1.165) is 57.8 Å². The third-order valence-electron chi connectivity index (χ3n) is 15.4. The van der Waals surface area contributed by atoms with Gasteiger partial charge in [-0.25, -0.2) is 0 Å². The highest BCUT2D eigenvalue weighted by Gasteiger charge is 2.19. The van der Waals surface area contributed by atoms with Crippen molar-refractivity contribution >= 4 is 17.9 Å². The molecule has 0 rings (SSSR count). The molecule has 0 bridgehead atoms. The highest BCUT2D eigenvalue weighted by atomic mass is 16.6. The van der Waals surface area contributed by atoms with E-state index < -0.39 is 6.10 Å². The summed E-state index contributed by atoms with van der Waals surface area (Å²) in [4.78, 5) is 38.4. The Kier molecular flexibility index (Phi) is 62.6. The Bertz CT molecular complexity index is 1210. The van der Waals surface area contributed by atoms with Crippen molar-refractivity contribution in [1.82, 2.24) is 0 Å². The summed E-state index contributed by atoms with van der Waals surface area (Å²) in [5.41, 5.74) is 0. The minimum Gasteiger partial charge on any atom is -0.462 e. The van der Waals surface area contributed by atoms with Crippen LogP contribution in [0.15, 0.2) is 24.3 Å². The second-order valence-electron chi connectivity index (χ2n) is 23.1. The standard InChI is InChI=1S/C69H130O6/c1-4-7-10-13-16-19-22-25-28-30-32-34-36-38-41-44-47-50-53-56-59-62-68(71)74-65-66(64-73-67(70)61-58-55-52-49-46-43-40-27-24-21-18-15-12-9-6-3)75-69(72)63-60-57-54-51-48-45-42-39-37-35-33-31-29-26-23-20-17-14-11-8-5-2/h21,24-25,28,66H,4-20,22-23,26-27,29-65H2,1-3H3/b24-21-,28-25-/t66-/m0/s1. The third kappa shape index (κ3) is 62.6. The maximum Gasteiger partial charge on any atom is 0.306 e. The molecule has 0 radical (unpaired) electrons. The number of hydrogen-bond donors (Lipinski definition) is 0. The summed E-state index contributed by atoms with van der Waals surface area (Å²) in [7, 11) is 0. The summed E-state index contributed by atoms with van der Waals surface area (Å²) in [6.07, 6.45) is 77.6. The molecule has 0 aromatic heterocycles. The Hall–Kier alpha value is -2.11. The van der Waals surface area contributed by atoms with Crippen molar-refractivity contribution in [2.75, 3.05) is 13.2 Å². The molecule has 442 valence electrons. The molecule has 0 fully saturated rings. The highest BCUT2D eigenvalue weighted by molar-refractivity contribution is 5.71. The molecule has 0 saturated carbocycles. The first-order valence-electron chi connectivity index (χ1n) is 33.8. The van der Waals surface area contributed by atoms with Gasteiger partial charge in [0.05, 0.1) is 0 Å². The summed E-state index contributed by atoms with van der Waals surface area (Å²) in [5.74, 6) is -0.843. The number of unbranched alkanes of at least 4 members (excludes halogenated alkanes) is 48. The minimum absolute atomic E-state index is 0.0676. The van der Waals surface area contributed by atoms with Gasteiger partial charge in [0.15, 0.2) is 6.10 Å². The van der Waals surface area contributed by atoms with Crippen molar-refractivity contribution < 1.29 is 28.6 Å². The number of rotatable bonds is 63. The predicted octanol–water partition coefficient (Wildman–Crippen LogP) is 23.0. The quantitative estimate of drug-likeness (QED) is 0.0261. The summed E-state index contributed by atoms with van der Waals surface area (Å²) in [6.45, 7) is 6.70. The molecule has 0 spiro atoms. The SMILES string of the molecule is CCCCCC/C=C\CCCCCCCCCC(=O)OC[C@@H](COC(=O)CCCCCCCCCCCCC/C=C\CCCCCCCC)OC(=O)CCCCCCCCCCCCCCCCCCCCCCC. The fourth-order valence-electron chi connectivity index (χ4n) is 10.3. The molecule has 0 aliphatic rings. The van der Waals surface area contributed by atoms with E-state index in [2.05, 4.69) is 45.1 Å². The number of ether oxygens (including phenoxy) is 3. The van der Waals surface area contributed by atoms with Crippen molar-refractivity contribution in [3.05, 3.63) is 24.3 Å². The molecule has 6 nitrogen and oxygen atoms in total. The third-order valence-corrected chi connectivity index (χ3v) is 15.4. The smallest absolute Gasteiger partial charge is 0.306 e. The fourth-order valence-corrected chi connectivity index (χ4v) is 10.3. The van der Waals surface area contributed by atoms with E-state index in [9.17, 15) is 14.4 Å². The molecule has 0 aromatic carbocycles. The van der Waals surface area contributed by atoms with Gasteiger partial charge in [-0.15, -0.1) is 0 Å². The molecule has 6 heteroatoms. The van der Waals surface area contributed by atoms with E-state index in [1.807, 2.05) is 0 Å². The Morgan fingerprint density at radius 1 is 0.253 bits per heavy atom. The molecule has 0 saturated heterocycles. The zero-order valence-electron chi connectivity index (χ0n) is 50.8. The van der Waals surface area contributed by atoms with E-state index in [1.165, 1.54) is 283 Å². The molecule has 0 heterocycles. The first-order valence-corrected chi connectivity index (χ1v) is 33.8. The van der Waals surface area contributed by atoms with Gasteiger partial charge in [0.1, 0.15) is 13.2 Å². The summed E-state index contributed by atoms with van der Waals surface area (Å²) >= 11 is 0. The average molecular weight is 1060 g/mol. The van der Waals surface area contributed by atoms with Crippen LogP contribution in [0, 0.1) is 0 Å². The summed E-state index contributed by atoms with van der Waals surface area (Å²) < 4.78 is 17.0. The van der Waals surface area contributed by atoms with E-state index in [1.54, 1.807) is 0 Å². The van der Waals surface area contributed by atoms with E-state index in [4.69, 9.17) is 14.2 Å². The van der Waals surface area contributed by atoms with E-state index in [-0.39, 0.29) is 31.1 Å². The second-order valence-corrected chi connectivity index (χ2v) is 23.1. The predicted molar refractivity (Wildman–Crippen MR) is 326 cm³/mol. The van der Waals surface area contributed by atoms with Crippen LogP contribution in [0.4, 0.5) is 0 Å². The van der Waals surface area contributed by atoms with Crippen LogP contribution >= 0.6 is 0 Å². The summed E-state index contributed by atoms with van der Waals surface area (Å²) in [6, 6.07) is 0. The maximum absolute atomic E-state index is 12.9. The molecule has 0 aliphatic carbocycles. The van der Waals surface area contributed by atoms with Gasteiger partial charge in [0, 0.05) is 19.3 Å². The van der Waals surface area contributed by atoms with Gasteiger partial charge in [-0.05, 0) is 70.6 Å². The second kappa shape index (κ2) is 64.4. The Balaban J connectivity index is 4.28. The molecule has 0 amide bonds. The zero-order valence-corrected chi connectivity index (χ0v) is 50.8. The molecular formula is C69H130O6. The number of hydrogen-bond acceptors (Lipinski definition) is 6. The van der Waals surface area contributed by atoms with E-state index in [0.29, 0.717) is 19.3 Å². The van der Waals surface area contributed by atoms with Gasteiger partial charge in [-0.2, -0.15) is 0 Å². The van der Waals surface area contributed by atoms with Crippen molar-refractivity contribution in [3.63, 3.8) is 0 Å². The van der Waals surface area contributed by atoms with Crippen LogP contribution < -0.4 is 0 Å². The van der Waals surface area contributed by atoms with Crippen LogP contribution in [-0.4, -0.2) is 37.2 Å². The fraction of sp³-hybridized carbons (Fsp3) is 0.899. The van der Waals surface area contributed by atoms with Crippen LogP contribution in [0.25, 0.3) is 0 Å². The van der Waals surface area contributed by atoms with Crippen molar-refractivity contribution in [1.29, 1.82) is 0 Å². The van der Waals surface area contributed by atoms with Gasteiger partial charge >= 0.3 is 17.9 Å². The molecule has 75 heavy (non-hydrogen) atoms. The lowest BCUT2D eigenvalue weighted by atomic mass is 10.0. The Labute approximate surface area is 468 Å². The largest absolute Gasteiger partial charge is 0.462 e. The van der Waals surface area contributed by atoms with Crippen LogP contribution in [0.3, 0.4) is 0 Å². The van der Waals surface area contributed by atoms with Crippen LogP contribution in [-0.2, 0) is 28.6 Å². The van der Waals surface area contributed by atoms with Gasteiger partial charge in [0.25, 0.3) is 0 Å². The first-order chi connectivity index (χ1) is 37.0. The molecule has 0 aliphatic heterocycles. The monoisotopic (exact) mass is 1050 g/mol. The van der Waals surface area contributed by atoms with Crippen molar-refractivity contribution in [3.8, 4) is 0 Å². The zero-order chi connectivity index (χ0) is 54.3. The lowest BCUT2D eigenvalue weighted by Gasteiger charge is -2.18. The maximum atomic E-state index is 12.9. The van der Waals surface area contributed by atoms with Crippen LogP contribution in [0.5, 0.6) is 0 Å². The minimum atomic E-state index is -0.771. The molecule has 0 aromatic rings. The van der Waals surface area contributed by atoms with Gasteiger partial charge in [-0.3, -0.25) is 14.4 Å². The molecule has 0 N–H and O–H groups in total. The molecule has 1 atom stereocenters. The van der Waals surface area contributed by atoms with Gasteiger partial charge in [0.2, 0.25) is 0 Å². The topological polar surface area (TPSA) is 78.9 Å². The Morgan fingerprint density at radius 2 is 0.440 bits per heavy atom. The molecular weight excluding hydrogens is 925 g/mol. The lowest BCUT2D eigenvalue weighted by Crippen LogP contribution is -2.30. The van der Waals surface area contributed by atoms with Crippen LogP contribution in [0.1, 0.15) is 380 Å². The van der Waals surface area contributed by atoms with E-state index >= 15 is 0 Å².